The Balaban J connectivity index is 1.79. The summed E-state index contributed by atoms with van der Waals surface area (Å²) in [7, 11) is 1.62. The normalized spacial score (nSPS) is 11.6. The first kappa shape index (κ1) is 26.0. The van der Waals surface area contributed by atoms with E-state index in [-0.39, 0.29) is 11.5 Å². The number of aromatic carboxylic acids is 1. The van der Waals surface area contributed by atoms with Gasteiger partial charge in [0.25, 0.3) is 5.91 Å². The maximum atomic E-state index is 13.5. The first-order valence-corrected chi connectivity index (χ1v) is 12.3. The molecule has 0 bridgehead atoms. The second-order valence-electron chi connectivity index (χ2n) is 8.91. The van der Waals surface area contributed by atoms with Crippen LogP contribution in [-0.2, 0) is 6.54 Å². The summed E-state index contributed by atoms with van der Waals surface area (Å²) in [6.45, 7) is 5.65. The molecule has 0 saturated heterocycles. The number of hydrogen-bond donors (Lipinski definition) is 1. The van der Waals surface area contributed by atoms with Crippen LogP contribution in [0.3, 0.4) is 0 Å². The van der Waals surface area contributed by atoms with Crippen LogP contribution in [0.15, 0.2) is 72.8 Å². The molecule has 0 aliphatic rings. The van der Waals surface area contributed by atoms with Gasteiger partial charge >= 0.3 is 5.97 Å². The van der Waals surface area contributed by atoms with Gasteiger partial charge in [0, 0.05) is 18.7 Å². The lowest BCUT2D eigenvalue weighted by Gasteiger charge is -2.28. The van der Waals surface area contributed by atoms with E-state index in [1.807, 2.05) is 65.6 Å². The van der Waals surface area contributed by atoms with Gasteiger partial charge in [-0.1, -0.05) is 69.5 Å². The second-order valence-corrected chi connectivity index (χ2v) is 8.91. The van der Waals surface area contributed by atoms with Gasteiger partial charge < -0.3 is 14.7 Å². The Morgan fingerprint density at radius 3 is 1.94 bits per heavy atom. The van der Waals surface area contributed by atoms with Crippen LogP contribution in [0, 0.1) is 5.92 Å². The molecule has 0 spiro atoms. The van der Waals surface area contributed by atoms with Gasteiger partial charge in [-0.25, -0.2) is 4.79 Å². The second kappa shape index (κ2) is 12.7. The number of carboxylic acid groups (broad SMARTS) is 1. The van der Waals surface area contributed by atoms with E-state index in [1.54, 1.807) is 19.2 Å². The van der Waals surface area contributed by atoms with Gasteiger partial charge in [0.2, 0.25) is 0 Å². The van der Waals surface area contributed by atoms with Crippen molar-refractivity contribution in [2.45, 2.75) is 46.1 Å². The summed E-state index contributed by atoms with van der Waals surface area (Å²) in [6.07, 6.45) is 4.47. The Labute approximate surface area is 208 Å². The van der Waals surface area contributed by atoms with Gasteiger partial charge in [0.15, 0.2) is 0 Å². The molecule has 0 aromatic heterocycles. The van der Waals surface area contributed by atoms with E-state index in [0.717, 1.165) is 48.2 Å². The van der Waals surface area contributed by atoms with Crippen molar-refractivity contribution in [3.05, 3.63) is 89.5 Å². The van der Waals surface area contributed by atoms with E-state index in [0.29, 0.717) is 18.0 Å². The quantitative estimate of drug-likeness (QED) is 0.310. The van der Waals surface area contributed by atoms with E-state index in [4.69, 9.17) is 9.84 Å². The Kier molecular flexibility index (Phi) is 9.47. The zero-order valence-corrected chi connectivity index (χ0v) is 20.9. The molecule has 3 aromatic rings. The van der Waals surface area contributed by atoms with Crippen molar-refractivity contribution in [1.29, 1.82) is 0 Å². The SMILES string of the molecule is CCCCC(CC)CN(Cc1ccc(-c2ccc(C(=O)O)cc2)cc1)C(=O)c1ccc(OC)cc1. The number of carbonyl (C=O) groups is 2. The van der Waals surface area contributed by atoms with Gasteiger partial charge in [0.1, 0.15) is 5.75 Å². The lowest BCUT2D eigenvalue weighted by atomic mass is 9.97. The van der Waals surface area contributed by atoms with Crippen molar-refractivity contribution in [1.82, 2.24) is 4.90 Å². The Hall–Kier alpha value is -3.60. The van der Waals surface area contributed by atoms with Gasteiger partial charge in [-0.2, -0.15) is 0 Å². The summed E-state index contributed by atoms with van der Waals surface area (Å²) in [4.78, 5) is 26.6. The van der Waals surface area contributed by atoms with E-state index < -0.39 is 5.97 Å². The third-order valence-electron chi connectivity index (χ3n) is 6.44. The van der Waals surface area contributed by atoms with Crippen LogP contribution < -0.4 is 4.74 Å². The zero-order valence-electron chi connectivity index (χ0n) is 20.9. The molecule has 184 valence electrons. The highest BCUT2D eigenvalue weighted by atomic mass is 16.5. The minimum Gasteiger partial charge on any atom is -0.497 e. The molecule has 0 saturated carbocycles. The molecule has 1 amide bonds. The van der Waals surface area contributed by atoms with Crippen molar-refractivity contribution in [3.63, 3.8) is 0 Å². The van der Waals surface area contributed by atoms with E-state index in [9.17, 15) is 9.59 Å². The molecule has 35 heavy (non-hydrogen) atoms. The topological polar surface area (TPSA) is 66.8 Å². The highest BCUT2D eigenvalue weighted by Crippen LogP contribution is 2.23. The third-order valence-corrected chi connectivity index (χ3v) is 6.44. The van der Waals surface area contributed by atoms with E-state index in [2.05, 4.69) is 13.8 Å². The molecule has 0 aliphatic heterocycles. The molecule has 0 fully saturated rings. The van der Waals surface area contributed by atoms with Crippen molar-refractivity contribution >= 4 is 11.9 Å². The fourth-order valence-electron chi connectivity index (χ4n) is 4.19. The minimum atomic E-state index is -0.933. The average Bonchev–Trinajstić information content (AvgIpc) is 2.90. The van der Waals surface area contributed by atoms with Gasteiger partial charge in [-0.05, 0) is 65.4 Å². The summed E-state index contributed by atoms with van der Waals surface area (Å²) < 4.78 is 5.24. The minimum absolute atomic E-state index is 0.0240. The Bertz CT molecular complexity index is 1090. The summed E-state index contributed by atoms with van der Waals surface area (Å²) in [5, 5.41) is 9.11. The number of unbranched alkanes of at least 4 members (excludes halogenated alkanes) is 1. The number of nitrogens with zero attached hydrogens (tertiary/aromatic N) is 1. The predicted molar refractivity (Wildman–Crippen MR) is 140 cm³/mol. The van der Waals surface area contributed by atoms with Gasteiger partial charge in [-0.3, -0.25) is 4.79 Å². The lowest BCUT2D eigenvalue weighted by molar-refractivity contribution is 0.0692. The molecule has 5 heteroatoms. The summed E-state index contributed by atoms with van der Waals surface area (Å²) in [6, 6.07) is 22.3. The van der Waals surface area contributed by atoms with Gasteiger partial charge in [-0.15, -0.1) is 0 Å². The molecule has 5 nitrogen and oxygen atoms in total. The predicted octanol–water partition coefficient (Wildman–Crippen LogP) is 6.92. The van der Waals surface area contributed by atoms with Crippen LogP contribution in [-0.4, -0.2) is 35.5 Å². The average molecular weight is 474 g/mol. The monoisotopic (exact) mass is 473 g/mol. The third kappa shape index (κ3) is 7.19. The standard InChI is InChI=1S/C30H35NO4/c1-4-6-7-22(5-2)20-31(29(32)26-16-18-28(35-3)19-17-26)21-23-8-10-24(11-9-23)25-12-14-27(15-13-25)30(33)34/h8-19,22H,4-7,20-21H2,1-3H3,(H,33,34). The maximum Gasteiger partial charge on any atom is 0.335 e. The number of amides is 1. The molecule has 0 radical (unpaired) electrons. The van der Waals surface area contributed by atoms with Crippen LogP contribution in [0.1, 0.15) is 65.8 Å². The number of hydrogen-bond acceptors (Lipinski definition) is 3. The van der Waals surface area contributed by atoms with Crippen LogP contribution >= 0.6 is 0 Å². The van der Waals surface area contributed by atoms with Crippen LogP contribution in [0.4, 0.5) is 0 Å². The Morgan fingerprint density at radius 1 is 0.857 bits per heavy atom. The van der Waals surface area contributed by atoms with Gasteiger partial charge in [0.05, 0.1) is 12.7 Å². The fourth-order valence-corrected chi connectivity index (χ4v) is 4.19. The zero-order chi connectivity index (χ0) is 25.2. The highest BCUT2D eigenvalue weighted by molar-refractivity contribution is 5.94. The molecule has 0 heterocycles. The first-order valence-electron chi connectivity index (χ1n) is 12.3. The van der Waals surface area contributed by atoms with Crippen molar-refractivity contribution in [2.24, 2.45) is 5.92 Å². The molecule has 1 N–H and O–H groups in total. The van der Waals surface area contributed by atoms with Crippen molar-refractivity contribution in [3.8, 4) is 16.9 Å². The summed E-state index contributed by atoms with van der Waals surface area (Å²) >= 11 is 0. The highest BCUT2D eigenvalue weighted by Gasteiger charge is 2.20. The van der Waals surface area contributed by atoms with E-state index >= 15 is 0 Å². The Morgan fingerprint density at radius 2 is 1.43 bits per heavy atom. The van der Waals surface area contributed by atoms with Crippen LogP contribution in [0.25, 0.3) is 11.1 Å². The fraction of sp³-hybridized carbons (Fsp3) is 0.333. The smallest absolute Gasteiger partial charge is 0.335 e. The van der Waals surface area contributed by atoms with Crippen LogP contribution in [0.2, 0.25) is 0 Å². The number of rotatable bonds is 12. The number of carboxylic acids is 1. The molecule has 3 aromatic carbocycles. The number of carbonyl (C=O) groups excluding carboxylic acids is 1. The maximum absolute atomic E-state index is 13.5. The molecule has 1 atom stereocenters. The number of methoxy groups -OCH3 is 1. The van der Waals surface area contributed by atoms with Crippen molar-refractivity contribution in [2.75, 3.05) is 13.7 Å². The molecule has 1 unspecified atom stereocenters. The largest absolute Gasteiger partial charge is 0.497 e. The first-order chi connectivity index (χ1) is 16.9. The summed E-state index contributed by atoms with van der Waals surface area (Å²) in [5.41, 5.74) is 3.95. The number of ether oxygens (including phenoxy) is 1. The van der Waals surface area contributed by atoms with Crippen LogP contribution in [0.5, 0.6) is 5.75 Å². The number of benzene rings is 3. The van der Waals surface area contributed by atoms with E-state index in [1.165, 1.54) is 6.42 Å². The summed E-state index contributed by atoms with van der Waals surface area (Å²) in [5.74, 6) is 0.285. The van der Waals surface area contributed by atoms with Crippen molar-refractivity contribution < 1.29 is 19.4 Å². The molecular weight excluding hydrogens is 438 g/mol. The lowest BCUT2D eigenvalue weighted by Crippen LogP contribution is -2.35. The molecular formula is C30H35NO4. The molecule has 3 rings (SSSR count). The molecule has 0 aliphatic carbocycles.